The van der Waals surface area contributed by atoms with Crippen LogP contribution >= 0.6 is 0 Å². The number of aldehydes is 1. The highest BCUT2D eigenvalue weighted by Crippen LogP contribution is 2.34. The van der Waals surface area contributed by atoms with Crippen molar-refractivity contribution in [2.45, 2.75) is 18.2 Å². The molecule has 2 rings (SSSR count). The summed E-state index contributed by atoms with van der Waals surface area (Å²) in [5.74, 6) is 0. The highest BCUT2D eigenvalue weighted by molar-refractivity contribution is 7.95. The predicted molar refractivity (Wildman–Crippen MR) is 57.0 cm³/mol. The molecule has 0 spiro atoms. The Bertz CT molecular complexity index is 553. The van der Waals surface area contributed by atoms with E-state index >= 15 is 0 Å². The molecule has 15 heavy (non-hydrogen) atoms. The van der Waals surface area contributed by atoms with Gasteiger partial charge in [0, 0.05) is 11.3 Å². The fourth-order valence-electron chi connectivity index (χ4n) is 1.71. The van der Waals surface area contributed by atoms with Crippen molar-refractivity contribution in [3.05, 3.63) is 34.2 Å². The Kier molecular flexibility index (Phi) is 2.23. The van der Waals surface area contributed by atoms with E-state index in [1.54, 1.807) is 31.2 Å². The van der Waals surface area contributed by atoms with Crippen LogP contribution in [0.4, 0.5) is 0 Å². The van der Waals surface area contributed by atoms with Crippen molar-refractivity contribution in [2.24, 2.45) is 0 Å². The van der Waals surface area contributed by atoms with E-state index in [0.29, 0.717) is 15.4 Å². The fraction of sp³-hybridized carbons (Fsp3) is 0.182. The summed E-state index contributed by atoms with van der Waals surface area (Å²) < 4.78 is 23.6. The first-order valence-corrected chi connectivity index (χ1v) is 6.04. The Morgan fingerprint density at radius 2 is 2.07 bits per heavy atom. The van der Waals surface area contributed by atoms with Gasteiger partial charge in [-0.3, -0.25) is 0 Å². The Hall–Kier alpha value is -1.42. The molecule has 1 aliphatic heterocycles. The molecule has 0 bridgehead atoms. The molecule has 3 nitrogen and oxygen atoms in total. The highest BCUT2D eigenvalue weighted by Gasteiger charge is 2.27. The van der Waals surface area contributed by atoms with Crippen molar-refractivity contribution >= 4 is 22.2 Å². The summed E-state index contributed by atoms with van der Waals surface area (Å²) in [7, 11) is -3.28. The van der Waals surface area contributed by atoms with Gasteiger partial charge in [0.2, 0.25) is 9.84 Å². The van der Waals surface area contributed by atoms with Crippen molar-refractivity contribution in [3.63, 3.8) is 0 Å². The van der Waals surface area contributed by atoms with Gasteiger partial charge < -0.3 is 4.79 Å². The van der Waals surface area contributed by atoms with E-state index in [2.05, 4.69) is 0 Å². The molecule has 1 aliphatic rings. The van der Waals surface area contributed by atoms with Crippen LogP contribution in [-0.4, -0.2) is 14.7 Å². The van der Waals surface area contributed by atoms with Gasteiger partial charge >= 0.3 is 0 Å². The van der Waals surface area contributed by atoms with Gasteiger partial charge in [-0.15, -0.1) is 0 Å². The fourth-order valence-corrected chi connectivity index (χ4v) is 3.07. The highest BCUT2D eigenvalue weighted by atomic mass is 32.2. The van der Waals surface area contributed by atoms with Gasteiger partial charge in [-0.05, 0) is 30.2 Å². The van der Waals surface area contributed by atoms with Crippen LogP contribution in [0.25, 0.3) is 6.08 Å². The van der Waals surface area contributed by atoms with Crippen molar-refractivity contribution in [1.82, 2.24) is 0 Å². The van der Waals surface area contributed by atoms with E-state index in [-0.39, 0.29) is 6.42 Å². The minimum atomic E-state index is -3.28. The Morgan fingerprint density at radius 1 is 1.33 bits per heavy atom. The number of benzene rings is 1. The van der Waals surface area contributed by atoms with Crippen LogP contribution in [0.1, 0.15) is 18.1 Å². The molecule has 1 aromatic carbocycles. The quantitative estimate of drug-likeness (QED) is 0.714. The standard InChI is InChI=1S/C11H10O3S/c1-8-7-10-9(5-6-12)3-2-4-11(10)15(8,13)14/h2-4,6-7H,5H2,1H3. The van der Waals surface area contributed by atoms with Gasteiger partial charge in [0.1, 0.15) is 6.29 Å². The average Bonchev–Trinajstić information content (AvgIpc) is 2.41. The van der Waals surface area contributed by atoms with Crippen LogP contribution < -0.4 is 0 Å². The molecule has 0 aliphatic carbocycles. The molecular weight excluding hydrogens is 212 g/mol. The molecule has 4 heteroatoms. The predicted octanol–water partition coefficient (Wildman–Crippen LogP) is 1.58. The lowest BCUT2D eigenvalue weighted by molar-refractivity contribution is -0.107. The molecule has 0 amide bonds. The van der Waals surface area contributed by atoms with Gasteiger partial charge in [-0.25, -0.2) is 8.42 Å². The van der Waals surface area contributed by atoms with E-state index in [1.807, 2.05) is 0 Å². The zero-order chi connectivity index (χ0) is 11.1. The third-order valence-corrected chi connectivity index (χ3v) is 4.42. The second-order valence-electron chi connectivity index (χ2n) is 3.46. The Labute approximate surface area is 88.3 Å². The maximum absolute atomic E-state index is 11.8. The summed E-state index contributed by atoms with van der Waals surface area (Å²) in [4.78, 5) is 11.1. The number of carbonyl (C=O) groups excluding carboxylic acids is 1. The first-order chi connectivity index (χ1) is 7.07. The molecule has 0 aromatic heterocycles. The zero-order valence-electron chi connectivity index (χ0n) is 8.23. The van der Waals surface area contributed by atoms with Gasteiger partial charge in [-0.2, -0.15) is 0 Å². The molecular formula is C11H10O3S. The third kappa shape index (κ3) is 1.41. The van der Waals surface area contributed by atoms with Gasteiger partial charge in [0.25, 0.3) is 0 Å². The lowest BCUT2D eigenvalue weighted by Crippen LogP contribution is -1.99. The molecule has 0 fully saturated rings. The summed E-state index contributed by atoms with van der Waals surface area (Å²) in [5, 5.41) is 0. The molecule has 1 heterocycles. The first kappa shape index (κ1) is 10.1. The largest absolute Gasteiger partial charge is 0.303 e. The van der Waals surface area contributed by atoms with Crippen molar-refractivity contribution in [2.75, 3.05) is 0 Å². The third-order valence-electron chi connectivity index (χ3n) is 2.52. The van der Waals surface area contributed by atoms with Gasteiger partial charge in [0.05, 0.1) is 4.90 Å². The van der Waals surface area contributed by atoms with Crippen molar-refractivity contribution in [1.29, 1.82) is 0 Å². The van der Waals surface area contributed by atoms with Crippen LogP contribution in [0.2, 0.25) is 0 Å². The second-order valence-corrected chi connectivity index (χ2v) is 5.55. The number of rotatable bonds is 2. The molecule has 78 valence electrons. The number of hydrogen-bond acceptors (Lipinski definition) is 3. The lowest BCUT2D eigenvalue weighted by Gasteiger charge is -2.03. The van der Waals surface area contributed by atoms with E-state index < -0.39 is 9.84 Å². The molecule has 0 N–H and O–H groups in total. The Morgan fingerprint density at radius 3 is 2.73 bits per heavy atom. The molecule has 0 radical (unpaired) electrons. The maximum Gasteiger partial charge on any atom is 0.203 e. The Balaban J connectivity index is 2.71. The summed E-state index contributed by atoms with van der Waals surface area (Å²) >= 11 is 0. The van der Waals surface area contributed by atoms with E-state index in [9.17, 15) is 13.2 Å². The van der Waals surface area contributed by atoms with Crippen LogP contribution in [0.15, 0.2) is 28.0 Å². The van der Waals surface area contributed by atoms with E-state index in [4.69, 9.17) is 0 Å². The summed E-state index contributed by atoms with van der Waals surface area (Å²) in [6, 6.07) is 5.02. The number of allylic oxidation sites excluding steroid dienone is 1. The smallest absolute Gasteiger partial charge is 0.203 e. The first-order valence-electron chi connectivity index (χ1n) is 4.56. The van der Waals surface area contributed by atoms with Crippen LogP contribution in [0.5, 0.6) is 0 Å². The molecule has 1 aromatic rings. The lowest BCUT2D eigenvalue weighted by atomic mass is 10.1. The second kappa shape index (κ2) is 3.31. The number of fused-ring (bicyclic) bond motifs is 1. The van der Waals surface area contributed by atoms with Crippen molar-refractivity contribution in [3.8, 4) is 0 Å². The average molecular weight is 222 g/mol. The topological polar surface area (TPSA) is 51.2 Å². The maximum atomic E-state index is 11.8. The van der Waals surface area contributed by atoms with E-state index in [1.165, 1.54) is 0 Å². The number of hydrogen-bond donors (Lipinski definition) is 0. The zero-order valence-corrected chi connectivity index (χ0v) is 9.04. The SMILES string of the molecule is CC1=Cc2c(CC=O)cccc2S1(=O)=O. The van der Waals surface area contributed by atoms with Gasteiger partial charge in [0.15, 0.2) is 0 Å². The number of carbonyl (C=O) groups is 1. The minimum absolute atomic E-state index is 0.252. The summed E-state index contributed by atoms with van der Waals surface area (Å²) in [6.07, 6.45) is 2.66. The van der Waals surface area contributed by atoms with Crippen LogP contribution in [0, 0.1) is 0 Å². The summed E-state index contributed by atoms with van der Waals surface area (Å²) in [5.41, 5.74) is 1.44. The molecule has 0 atom stereocenters. The van der Waals surface area contributed by atoms with E-state index in [0.717, 1.165) is 11.8 Å². The van der Waals surface area contributed by atoms with Gasteiger partial charge in [-0.1, -0.05) is 12.1 Å². The number of sulfone groups is 1. The molecule has 0 saturated carbocycles. The monoisotopic (exact) mass is 222 g/mol. The van der Waals surface area contributed by atoms with Crippen molar-refractivity contribution < 1.29 is 13.2 Å². The minimum Gasteiger partial charge on any atom is -0.303 e. The van der Waals surface area contributed by atoms with Crippen LogP contribution in [-0.2, 0) is 21.1 Å². The molecule has 0 saturated heterocycles. The molecule has 0 unspecified atom stereocenters. The summed E-state index contributed by atoms with van der Waals surface area (Å²) in [6.45, 7) is 1.57. The van der Waals surface area contributed by atoms with Crippen LogP contribution in [0.3, 0.4) is 0 Å². The normalized spacial score (nSPS) is 17.0.